The standard InChI is InChI=1S/C20H25N3/c1-16(17-9-5-3-6-10-17)23-19(21-2)22-15-20(13-14-20)18-11-7-4-8-12-18/h3-12,16H,13-15H2,1-2H3,(H2,21,22,23). The molecule has 2 aromatic rings. The lowest BCUT2D eigenvalue weighted by Gasteiger charge is -2.22. The minimum atomic E-state index is 0.231. The summed E-state index contributed by atoms with van der Waals surface area (Å²) in [4.78, 5) is 4.37. The summed E-state index contributed by atoms with van der Waals surface area (Å²) in [7, 11) is 1.83. The van der Waals surface area contributed by atoms with Crippen LogP contribution < -0.4 is 10.6 Å². The maximum absolute atomic E-state index is 4.37. The fourth-order valence-electron chi connectivity index (χ4n) is 2.99. The molecule has 3 rings (SSSR count). The van der Waals surface area contributed by atoms with Crippen molar-refractivity contribution in [2.24, 2.45) is 4.99 Å². The van der Waals surface area contributed by atoms with Gasteiger partial charge in [-0.15, -0.1) is 0 Å². The molecule has 23 heavy (non-hydrogen) atoms. The Morgan fingerprint density at radius 3 is 2.22 bits per heavy atom. The largest absolute Gasteiger partial charge is 0.356 e. The molecule has 0 heterocycles. The molecule has 0 amide bonds. The number of nitrogens with zero attached hydrogens (tertiary/aromatic N) is 1. The van der Waals surface area contributed by atoms with Crippen molar-refractivity contribution in [2.75, 3.05) is 13.6 Å². The molecule has 2 aromatic carbocycles. The number of hydrogen-bond donors (Lipinski definition) is 2. The molecule has 0 bridgehead atoms. The monoisotopic (exact) mass is 307 g/mol. The molecule has 120 valence electrons. The van der Waals surface area contributed by atoms with Crippen molar-refractivity contribution in [1.82, 2.24) is 10.6 Å². The van der Waals surface area contributed by atoms with E-state index in [1.165, 1.54) is 24.0 Å². The molecule has 2 N–H and O–H groups in total. The first-order valence-corrected chi connectivity index (χ1v) is 8.31. The summed E-state index contributed by atoms with van der Waals surface area (Å²) in [6, 6.07) is 21.5. The second kappa shape index (κ2) is 6.86. The van der Waals surface area contributed by atoms with Gasteiger partial charge >= 0.3 is 0 Å². The molecule has 0 saturated heterocycles. The van der Waals surface area contributed by atoms with E-state index >= 15 is 0 Å². The average molecular weight is 307 g/mol. The number of nitrogens with one attached hydrogen (secondary N) is 2. The first-order valence-electron chi connectivity index (χ1n) is 8.31. The van der Waals surface area contributed by atoms with E-state index in [4.69, 9.17) is 0 Å². The van der Waals surface area contributed by atoms with Gasteiger partial charge in [-0.25, -0.2) is 0 Å². The quantitative estimate of drug-likeness (QED) is 0.653. The lowest BCUT2D eigenvalue weighted by atomic mass is 9.96. The second-order valence-corrected chi connectivity index (χ2v) is 6.35. The van der Waals surface area contributed by atoms with Gasteiger partial charge in [-0.05, 0) is 30.9 Å². The van der Waals surface area contributed by atoms with Gasteiger partial charge in [-0.3, -0.25) is 4.99 Å². The van der Waals surface area contributed by atoms with Crippen molar-refractivity contribution in [1.29, 1.82) is 0 Å². The van der Waals surface area contributed by atoms with Crippen LogP contribution in [0, 0.1) is 0 Å². The third-order valence-electron chi connectivity index (χ3n) is 4.71. The number of aliphatic imine (C=N–C) groups is 1. The predicted molar refractivity (Wildman–Crippen MR) is 96.7 cm³/mol. The average Bonchev–Trinajstić information content (AvgIpc) is 3.41. The molecule has 0 aliphatic heterocycles. The summed E-state index contributed by atoms with van der Waals surface area (Å²) >= 11 is 0. The summed E-state index contributed by atoms with van der Waals surface area (Å²) in [5.74, 6) is 0.864. The molecule has 3 heteroatoms. The van der Waals surface area contributed by atoms with Crippen LogP contribution in [0.5, 0.6) is 0 Å². The summed E-state index contributed by atoms with van der Waals surface area (Å²) in [6.07, 6.45) is 2.49. The molecule has 1 unspecified atom stereocenters. The molecule has 0 radical (unpaired) electrons. The van der Waals surface area contributed by atoms with Crippen molar-refractivity contribution in [3.8, 4) is 0 Å². The summed E-state index contributed by atoms with van der Waals surface area (Å²) in [5, 5.41) is 6.98. The highest BCUT2D eigenvalue weighted by Gasteiger charge is 2.44. The highest BCUT2D eigenvalue weighted by atomic mass is 15.2. The molecule has 1 aliphatic carbocycles. The van der Waals surface area contributed by atoms with E-state index in [-0.39, 0.29) is 11.5 Å². The van der Waals surface area contributed by atoms with E-state index < -0.39 is 0 Å². The third kappa shape index (κ3) is 3.73. The van der Waals surface area contributed by atoms with Gasteiger partial charge < -0.3 is 10.6 Å². The maximum Gasteiger partial charge on any atom is 0.191 e. The lowest BCUT2D eigenvalue weighted by Crippen LogP contribution is -2.42. The molecular formula is C20H25N3. The van der Waals surface area contributed by atoms with E-state index in [1.54, 1.807) is 0 Å². The third-order valence-corrected chi connectivity index (χ3v) is 4.71. The van der Waals surface area contributed by atoms with Crippen molar-refractivity contribution in [3.05, 3.63) is 71.8 Å². The topological polar surface area (TPSA) is 36.4 Å². The number of hydrogen-bond acceptors (Lipinski definition) is 1. The summed E-state index contributed by atoms with van der Waals surface area (Å²) in [5.41, 5.74) is 2.98. The van der Waals surface area contributed by atoms with Gasteiger partial charge in [-0.2, -0.15) is 0 Å². The minimum Gasteiger partial charge on any atom is -0.356 e. The molecule has 1 fully saturated rings. The van der Waals surface area contributed by atoms with Crippen LogP contribution in [0.25, 0.3) is 0 Å². The van der Waals surface area contributed by atoms with Gasteiger partial charge in [0.1, 0.15) is 0 Å². The number of rotatable bonds is 5. The fourth-order valence-corrected chi connectivity index (χ4v) is 2.99. The molecule has 1 aliphatic rings. The van der Waals surface area contributed by atoms with Crippen LogP contribution in [0.2, 0.25) is 0 Å². The first kappa shape index (κ1) is 15.6. The van der Waals surface area contributed by atoms with Crippen LogP contribution in [-0.2, 0) is 5.41 Å². The Balaban J connectivity index is 1.59. The van der Waals surface area contributed by atoms with Gasteiger partial charge in [0.05, 0.1) is 6.04 Å². The van der Waals surface area contributed by atoms with Crippen LogP contribution >= 0.6 is 0 Å². The smallest absolute Gasteiger partial charge is 0.191 e. The van der Waals surface area contributed by atoms with Gasteiger partial charge in [0.2, 0.25) is 0 Å². The minimum absolute atomic E-state index is 0.231. The highest BCUT2D eigenvalue weighted by Crippen LogP contribution is 2.47. The normalized spacial score (nSPS) is 17.4. The summed E-state index contributed by atoms with van der Waals surface area (Å²) in [6.45, 7) is 3.09. The van der Waals surface area contributed by atoms with Crippen molar-refractivity contribution >= 4 is 5.96 Å². The van der Waals surface area contributed by atoms with Crippen molar-refractivity contribution in [3.63, 3.8) is 0 Å². The summed E-state index contributed by atoms with van der Waals surface area (Å²) < 4.78 is 0. The van der Waals surface area contributed by atoms with Crippen LogP contribution in [0.1, 0.15) is 36.9 Å². The molecule has 1 atom stereocenters. The van der Waals surface area contributed by atoms with Gasteiger partial charge in [0, 0.05) is 19.0 Å². The molecule has 0 aromatic heterocycles. The molecular weight excluding hydrogens is 282 g/mol. The van der Waals surface area contributed by atoms with E-state index in [9.17, 15) is 0 Å². The molecule has 1 saturated carbocycles. The van der Waals surface area contributed by atoms with Crippen LogP contribution in [0.15, 0.2) is 65.7 Å². The number of guanidine groups is 1. The van der Waals surface area contributed by atoms with Crippen molar-refractivity contribution in [2.45, 2.75) is 31.2 Å². The predicted octanol–water partition coefficient (Wildman–Crippen LogP) is 3.64. The fraction of sp³-hybridized carbons (Fsp3) is 0.350. The van der Waals surface area contributed by atoms with Crippen LogP contribution in [0.3, 0.4) is 0 Å². The van der Waals surface area contributed by atoms with Gasteiger partial charge in [-0.1, -0.05) is 60.7 Å². The Morgan fingerprint density at radius 2 is 1.65 bits per heavy atom. The van der Waals surface area contributed by atoms with E-state index in [2.05, 4.69) is 77.1 Å². The Hall–Kier alpha value is -2.29. The number of benzene rings is 2. The van der Waals surface area contributed by atoms with E-state index in [0.29, 0.717) is 0 Å². The lowest BCUT2D eigenvalue weighted by molar-refractivity contribution is 0.626. The van der Waals surface area contributed by atoms with E-state index in [0.717, 1.165) is 12.5 Å². The van der Waals surface area contributed by atoms with E-state index in [1.807, 2.05) is 13.1 Å². The zero-order valence-electron chi connectivity index (χ0n) is 13.9. The Morgan fingerprint density at radius 1 is 1.04 bits per heavy atom. The van der Waals surface area contributed by atoms with Gasteiger partial charge in [0.15, 0.2) is 5.96 Å². The Labute approximate surface area is 138 Å². The van der Waals surface area contributed by atoms with Crippen LogP contribution in [-0.4, -0.2) is 19.6 Å². The second-order valence-electron chi connectivity index (χ2n) is 6.35. The van der Waals surface area contributed by atoms with Gasteiger partial charge in [0.25, 0.3) is 0 Å². The molecule has 0 spiro atoms. The van der Waals surface area contributed by atoms with Crippen molar-refractivity contribution < 1.29 is 0 Å². The highest BCUT2D eigenvalue weighted by molar-refractivity contribution is 5.80. The first-order chi connectivity index (χ1) is 11.2. The molecule has 3 nitrogen and oxygen atoms in total. The Kier molecular flexibility index (Phi) is 4.65. The zero-order valence-corrected chi connectivity index (χ0v) is 13.9. The SMILES string of the molecule is CN=C(NCC1(c2ccccc2)CC1)NC(C)c1ccccc1. The maximum atomic E-state index is 4.37. The van der Waals surface area contributed by atoms with Crippen LogP contribution in [0.4, 0.5) is 0 Å². The Bertz CT molecular complexity index is 645. The zero-order chi connectivity index (χ0) is 16.1.